The number of carbonyl (C=O) groups excluding carboxylic acids is 3. The lowest BCUT2D eigenvalue weighted by atomic mass is 10.2. The van der Waals surface area contributed by atoms with Gasteiger partial charge in [-0.2, -0.15) is 0 Å². The van der Waals surface area contributed by atoms with Crippen molar-refractivity contribution in [2.24, 2.45) is 0 Å². The highest BCUT2D eigenvalue weighted by molar-refractivity contribution is 5.96. The summed E-state index contributed by atoms with van der Waals surface area (Å²) in [5.74, 6) is -0.287. The summed E-state index contributed by atoms with van der Waals surface area (Å²) in [6, 6.07) is 6.11. The molecule has 1 aromatic carbocycles. The zero-order valence-corrected chi connectivity index (χ0v) is 18.5. The van der Waals surface area contributed by atoms with E-state index in [0.29, 0.717) is 17.8 Å². The zero-order chi connectivity index (χ0) is 22.2. The molecule has 0 bridgehead atoms. The molecule has 0 fully saturated rings. The van der Waals surface area contributed by atoms with Crippen molar-refractivity contribution in [1.29, 1.82) is 0 Å². The Morgan fingerprint density at radius 1 is 1.14 bits per heavy atom. The fourth-order valence-electron chi connectivity index (χ4n) is 2.56. The molecule has 1 atom stereocenters. The number of likely N-dealkylation sites (N-methyl/N-ethyl adjacent to an activating group) is 1. The van der Waals surface area contributed by atoms with Crippen LogP contribution in [0.5, 0.6) is 0 Å². The van der Waals surface area contributed by atoms with Crippen LogP contribution >= 0.6 is 0 Å². The van der Waals surface area contributed by atoms with Crippen LogP contribution in [-0.4, -0.2) is 53.7 Å². The van der Waals surface area contributed by atoms with E-state index in [9.17, 15) is 14.4 Å². The topological polar surface area (TPSA) is 99.8 Å². The lowest BCUT2D eigenvalue weighted by Crippen LogP contribution is -2.47. The van der Waals surface area contributed by atoms with Crippen LogP contribution in [0, 0.1) is 0 Å². The molecular formula is C21H34N4O4. The second-order valence-corrected chi connectivity index (χ2v) is 8.16. The smallest absolute Gasteiger partial charge is 0.410 e. The van der Waals surface area contributed by atoms with Crippen LogP contribution in [0.1, 0.15) is 58.8 Å². The number of anilines is 1. The summed E-state index contributed by atoms with van der Waals surface area (Å²) < 4.78 is 5.41. The van der Waals surface area contributed by atoms with Gasteiger partial charge in [0, 0.05) is 36.4 Å². The molecule has 0 aliphatic rings. The van der Waals surface area contributed by atoms with Gasteiger partial charge in [0.2, 0.25) is 0 Å². The third-order valence-corrected chi connectivity index (χ3v) is 3.86. The van der Waals surface area contributed by atoms with Gasteiger partial charge in [-0.1, -0.05) is 6.07 Å². The molecule has 162 valence electrons. The summed E-state index contributed by atoms with van der Waals surface area (Å²) in [7, 11) is 0. The quantitative estimate of drug-likeness (QED) is 0.644. The molecule has 8 nitrogen and oxygen atoms in total. The number of amides is 4. The minimum atomic E-state index is -0.581. The van der Waals surface area contributed by atoms with Crippen LogP contribution in [0.15, 0.2) is 24.3 Å². The predicted molar refractivity (Wildman–Crippen MR) is 114 cm³/mol. The van der Waals surface area contributed by atoms with Crippen molar-refractivity contribution in [1.82, 2.24) is 15.5 Å². The molecule has 0 saturated heterocycles. The lowest BCUT2D eigenvalue weighted by molar-refractivity contribution is 0.0187. The zero-order valence-electron chi connectivity index (χ0n) is 18.5. The van der Waals surface area contributed by atoms with Crippen LogP contribution in [0.25, 0.3) is 0 Å². The number of benzene rings is 1. The van der Waals surface area contributed by atoms with Gasteiger partial charge >= 0.3 is 12.1 Å². The number of hydrogen-bond acceptors (Lipinski definition) is 4. The molecule has 0 aliphatic heterocycles. The summed E-state index contributed by atoms with van der Waals surface area (Å²) in [5.41, 5.74) is 0.357. The monoisotopic (exact) mass is 406 g/mol. The van der Waals surface area contributed by atoms with Crippen LogP contribution < -0.4 is 16.0 Å². The van der Waals surface area contributed by atoms with Crippen LogP contribution in [0.3, 0.4) is 0 Å². The Morgan fingerprint density at radius 2 is 1.79 bits per heavy atom. The molecule has 0 aliphatic carbocycles. The predicted octanol–water partition coefficient (Wildman–Crippen LogP) is 3.59. The maximum absolute atomic E-state index is 12.5. The van der Waals surface area contributed by atoms with Gasteiger partial charge in [0.1, 0.15) is 5.60 Å². The summed E-state index contributed by atoms with van der Waals surface area (Å²) >= 11 is 0. The maximum Gasteiger partial charge on any atom is 0.410 e. The van der Waals surface area contributed by atoms with Gasteiger partial charge in [0.05, 0.1) is 0 Å². The minimum Gasteiger partial charge on any atom is -0.444 e. The molecule has 0 saturated carbocycles. The summed E-state index contributed by atoms with van der Waals surface area (Å²) in [6.45, 7) is 13.6. The average Bonchev–Trinajstić information content (AvgIpc) is 2.58. The fourth-order valence-corrected chi connectivity index (χ4v) is 2.56. The number of nitrogens with zero attached hydrogens (tertiary/aromatic N) is 1. The van der Waals surface area contributed by atoms with Gasteiger partial charge in [0.15, 0.2) is 0 Å². The molecule has 1 aromatic rings. The molecule has 8 heteroatoms. The molecule has 0 aromatic heterocycles. The SMILES string of the molecule is CCN(C(=O)OC(C)(C)C)[C@H](C)CNC(=O)c1cccc(NC(=O)NC(C)C)c1. The Kier molecular flexibility index (Phi) is 8.94. The number of hydrogen-bond donors (Lipinski definition) is 3. The second kappa shape index (κ2) is 10.7. The van der Waals surface area contributed by atoms with Gasteiger partial charge < -0.3 is 25.6 Å². The highest BCUT2D eigenvalue weighted by Gasteiger charge is 2.25. The summed E-state index contributed by atoms with van der Waals surface area (Å²) in [4.78, 5) is 38.2. The molecule has 1 rings (SSSR count). The molecular weight excluding hydrogens is 372 g/mol. The first-order valence-corrected chi connectivity index (χ1v) is 9.88. The maximum atomic E-state index is 12.5. The van der Waals surface area contributed by atoms with Crippen molar-refractivity contribution >= 4 is 23.7 Å². The normalized spacial score (nSPS) is 12.1. The number of rotatable bonds is 7. The van der Waals surface area contributed by atoms with Gasteiger partial charge in [-0.3, -0.25) is 4.79 Å². The molecule has 29 heavy (non-hydrogen) atoms. The van der Waals surface area contributed by atoms with Crippen molar-refractivity contribution in [2.75, 3.05) is 18.4 Å². The third-order valence-electron chi connectivity index (χ3n) is 3.86. The van der Waals surface area contributed by atoms with Crippen molar-refractivity contribution in [2.45, 2.75) is 66.2 Å². The van der Waals surface area contributed by atoms with E-state index in [0.717, 1.165) is 0 Å². The third kappa shape index (κ3) is 8.85. The van der Waals surface area contributed by atoms with Gasteiger partial charge in [-0.05, 0) is 66.7 Å². The van der Waals surface area contributed by atoms with E-state index in [-0.39, 0.29) is 30.6 Å². The minimum absolute atomic E-state index is 0.00875. The summed E-state index contributed by atoms with van der Waals surface area (Å²) in [5, 5.41) is 8.25. The van der Waals surface area contributed by atoms with Gasteiger partial charge in [-0.25, -0.2) is 9.59 Å². The van der Waals surface area contributed by atoms with Crippen molar-refractivity contribution < 1.29 is 19.1 Å². The van der Waals surface area contributed by atoms with Crippen molar-refractivity contribution in [3.8, 4) is 0 Å². The Balaban J connectivity index is 2.68. The van der Waals surface area contributed by atoms with E-state index in [1.807, 2.05) is 48.5 Å². The van der Waals surface area contributed by atoms with Crippen LogP contribution in [0.2, 0.25) is 0 Å². The Bertz CT molecular complexity index is 713. The van der Waals surface area contributed by atoms with E-state index in [1.165, 1.54) is 0 Å². The van der Waals surface area contributed by atoms with Crippen molar-refractivity contribution in [3.63, 3.8) is 0 Å². The molecule has 4 amide bonds. The van der Waals surface area contributed by atoms with Gasteiger partial charge in [0.25, 0.3) is 5.91 Å². The van der Waals surface area contributed by atoms with Crippen LogP contribution in [-0.2, 0) is 4.74 Å². The molecule has 0 radical (unpaired) electrons. The molecule has 0 unspecified atom stereocenters. The highest BCUT2D eigenvalue weighted by Crippen LogP contribution is 2.13. The van der Waals surface area contributed by atoms with Crippen LogP contribution in [0.4, 0.5) is 15.3 Å². The average molecular weight is 407 g/mol. The van der Waals surface area contributed by atoms with Crippen molar-refractivity contribution in [3.05, 3.63) is 29.8 Å². The molecule has 0 heterocycles. The van der Waals surface area contributed by atoms with E-state index < -0.39 is 11.7 Å². The number of carbonyl (C=O) groups is 3. The second-order valence-electron chi connectivity index (χ2n) is 8.16. The highest BCUT2D eigenvalue weighted by atomic mass is 16.6. The number of urea groups is 1. The molecule has 3 N–H and O–H groups in total. The first kappa shape index (κ1) is 24.3. The number of ether oxygens (including phenoxy) is 1. The lowest BCUT2D eigenvalue weighted by Gasteiger charge is -2.31. The Hall–Kier alpha value is -2.77. The molecule has 0 spiro atoms. The first-order valence-electron chi connectivity index (χ1n) is 9.88. The van der Waals surface area contributed by atoms with E-state index >= 15 is 0 Å². The van der Waals surface area contributed by atoms with Gasteiger partial charge in [-0.15, -0.1) is 0 Å². The number of nitrogens with one attached hydrogen (secondary N) is 3. The van der Waals surface area contributed by atoms with E-state index in [1.54, 1.807) is 29.2 Å². The first-order chi connectivity index (χ1) is 13.4. The standard InChI is InChI=1S/C21H34N4O4/c1-8-25(20(28)29-21(5,6)7)15(4)13-22-18(26)16-10-9-11-17(12-16)24-19(27)23-14(2)3/h9-12,14-15H,8,13H2,1-7H3,(H,22,26)(H2,23,24,27)/t15-/m1/s1. The summed E-state index contributed by atoms with van der Waals surface area (Å²) in [6.07, 6.45) is -0.413. The Morgan fingerprint density at radius 3 is 2.34 bits per heavy atom. The Labute approximate surface area is 173 Å². The fraction of sp³-hybridized carbons (Fsp3) is 0.571. The van der Waals surface area contributed by atoms with E-state index in [2.05, 4.69) is 16.0 Å². The largest absolute Gasteiger partial charge is 0.444 e. The van der Waals surface area contributed by atoms with E-state index in [4.69, 9.17) is 4.74 Å².